The Morgan fingerprint density at radius 2 is 2.00 bits per heavy atom. The van der Waals surface area contributed by atoms with E-state index < -0.39 is 0 Å². The molecule has 2 bridgehead atoms. The number of piperidine rings is 1. The first-order valence-electron chi connectivity index (χ1n) is 6.79. The Balaban J connectivity index is 1.89. The van der Waals surface area contributed by atoms with E-state index in [9.17, 15) is 9.50 Å². The summed E-state index contributed by atoms with van der Waals surface area (Å²) in [4.78, 5) is 2.43. The van der Waals surface area contributed by atoms with Crippen LogP contribution in [0.25, 0.3) is 0 Å². The number of halogens is 1. The van der Waals surface area contributed by atoms with Gasteiger partial charge in [-0.05, 0) is 49.9 Å². The molecule has 3 heteroatoms. The number of aliphatic hydroxyl groups excluding tert-OH is 1. The van der Waals surface area contributed by atoms with Crippen molar-refractivity contribution in [2.45, 2.75) is 37.3 Å². The highest BCUT2D eigenvalue weighted by Gasteiger charge is 2.45. The summed E-state index contributed by atoms with van der Waals surface area (Å²) in [6.45, 7) is 0.226. The third-order valence-electron chi connectivity index (χ3n) is 4.94. The lowest BCUT2D eigenvalue weighted by Gasteiger charge is -2.42. The highest BCUT2D eigenvalue weighted by Crippen LogP contribution is 2.45. The van der Waals surface area contributed by atoms with Crippen molar-refractivity contribution >= 4 is 0 Å². The molecule has 2 aliphatic heterocycles. The molecular weight excluding hydrogens is 229 g/mol. The third-order valence-corrected chi connectivity index (χ3v) is 4.94. The molecule has 4 atom stereocenters. The summed E-state index contributed by atoms with van der Waals surface area (Å²) in [5.41, 5.74) is 1.18. The van der Waals surface area contributed by atoms with E-state index in [0.717, 1.165) is 6.42 Å². The van der Waals surface area contributed by atoms with E-state index >= 15 is 0 Å². The van der Waals surface area contributed by atoms with Gasteiger partial charge < -0.3 is 10.0 Å². The highest BCUT2D eigenvalue weighted by molar-refractivity contribution is 5.24. The summed E-state index contributed by atoms with van der Waals surface area (Å²) >= 11 is 0. The van der Waals surface area contributed by atoms with E-state index in [1.807, 2.05) is 12.1 Å². The molecule has 0 saturated carbocycles. The second kappa shape index (κ2) is 4.63. The van der Waals surface area contributed by atoms with Gasteiger partial charge in [-0.25, -0.2) is 4.39 Å². The van der Waals surface area contributed by atoms with Gasteiger partial charge in [-0.1, -0.05) is 12.1 Å². The molecule has 0 radical (unpaired) electrons. The average molecular weight is 249 g/mol. The molecule has 3 unspecified atom stereocenters. The zero-order valence-electron chi connectivity index (χ0n) is 10.7. The van der Waals surface area contributed by atoms with Gasteiger partial charge in [0.05, 0.1) is 0 Å². The molecule has 1 N–H and O–H groups in total. The molecule has 0 amide bonds. The number of aliphatic hydroxyl groups is 1. The van der Waals surface area contributed by atoms with Crippen LogP contribution in [-0.2, 0) is 0 Å². The monoisotopic (exact) mass is 249 g/mol. The zero-order valence-corrected chi connectivity index (χ0v) is 10.7. The van der Waals surface area contributed by atoms with Crippen molar-refractivity contribution in [2.75, 3.05) is 13.7 Å². The molecule has 2 nitrogen and oxygen atoms in total. The van der Waals surface area contributed by atoms with Gasteiger partial charge in [-0.15, -0.1) is 0 Å². The smallest absolute Gasteiger partial charge is 0.123 e. The van der Waals surface area contributed by atoms with Crippen molar-refractivity contribution in [2.24, 2.45) is 5.92 Å². The summed E-state index contributed by atoms with van der Waals surface area (Å²) in [7, 11) is 2.17. The first-order valence-corrected chi connectivity index (χ1v) is 6.79. The van der Waals surface area contributed by atoms with Crippen LogP contribution >= 0.6 is 0 Å². The fourth-order valence-corrected chi connectivity index (χ4v) is 3.92. The van der Waals surface area contributed by atoms with Crippen LogP contribution in [0.5, 0.6) is 0 Å². The van der Waals surface area contributed by atoms with Gasteiger partial charge in [0.15, 0.2) is 0 Å². The summed E-state index contributed by atoms with van der Waals surface area (Å²) < 4.78 is 13.0. The van der Waals surface area contributed by atoms with Gasteiger partial charge in [0.2, 0.25) is 0 Å². The zero-order chi connectivity index (χ0) is 12.7. The lowest BCUT2D eigenvalue weighted by Crippen LogP contribution is -2.47. The van der Waals surface area contributed by atoms with Crippen LogP contribution in [0.4, 0.5) is 4.39 Å². The minimum Gasteiger partial charge on any atom is -0.396 e. The van der Waals surface area contributed by atoms with Gasteiger partial charge >= 0.3 is 0 Å². The van der Waals surface area contributed by atoms with Crippen LogP contribution in [0, 0.1) is 11.7 Å². The Labute approximate surface area is 107 Å². The second-order valence-corrected chi connectivity index (χ2v) is 5.70. The minimum absolute atomic E-state index is 0.185. The largest absolute Gasteiger partial charge is 0.396 e. The first kappa shape index (κ1) is 12.1. The van der Waals surface area contributed by atoms with Gasteiger partial charge in [0, 0.05) is 24.6 Å². The first-order chi connectivity index (χ1) is 8.70. The van der Waals surface area contributed by atoms with Crippen molar-refractivity contribution in [3.63, 3.8) is 0 Å². The molecular formula is C15H20FNO. The van der Waals surface area contributed by atoms with Crippen LogP contribution in [-0.4, -0.2) is 35.7 Å². The SMILES string of the molecule is CN1C2CCC1C(CO)[C@@H](c1ccc(F)cc1)C2. The van der Waals surface area contributed by atoms with Crippen molar-refractivity contribution in [1.29, 1.82) is 0 Å². The lowest BCUT2D eigenvalue weighted by atomic mass is 9.76. The van der Waals surface area contributed by atoms with E-state index in [1.54, 1.807) is 0 Å². The van der Waals surface area contributed by atoms with Crippen molar-refractivity contribution in [1.82, 2.24) is 4.90 Å². The van der Waals surface area contributed by atoms with Gasteiger partial charge in [0.25, 0.3) is 0 Å². The Morgan fingerprint density at radius 3 is 2.67 bits per heavy atom. The maximum Gasteiger partial charge on any atom is 0.123 e. The number of hydrogen-bond acceptors (Lipinski definition) is 2. The maximum atomic E-state index is 13.0. The molecule has 3 rings (SSSR count). The Morgan fingerprint density at radius 1 is 1.28 bits per heavy atom. The fraction of sp³-hybridized carbons (Fsp3) is 0.600. The van der Waals surface area contributed by atoms with Crippen LogP contribution in [0.2, 0.25) is 0 Å². The average Bonchev–Trinajstić information content (AvgIpc) is 2.63. The summed E-state index contributed by atoms with van der Waals surface area (Å²) in [5.74, 6) is 0.485. The summed E-state index contributed by atoms with van der Waals surface area (Å²) in [6.07, 6.45) is 3.50. The topological polar surface area (TPSA) is 23.5 Å². The van der Waals surface area contributed by atoms with Crippen LogP contribution < -0.4 is 0 Å². The molecule has 98 valence electrons. The third kappa shape index (κ3) is 1.86. The summed E-state index contributed by atoms with van der Waals surface area (Å²) in [6, 6.07) is 7.95. The highest BCUT2D eigenvalue weighted by atomic mass is 19.1. The Hall–Kier alpha value is -0.930. The molecule has 2 heterocycles. The van der Waals surface area contributed by atoms with Gasteiger partial charge in [-0.2, -0.15) is 0 Å². The number of fused-ring (bicyclic) bond motifs is 2. The molecule has 18 heavy (non-hydrogen) atoms. The predicted octanol–water partition coefficient (Wildman–Crippen LogP) is 2.38. The lowest BCUT2D eigenvalue weighted by molar-refractivity contribution is 0.0592. The standard InChI is InChI=1S/C15H20FNO/c1-17-12-6-7-15(17)14(9-18)13(8-12)10-2-4-11(16)5-3-10/h2-5,12-15,18H,6-9H2,1H3/t12?,13-,14?,15?/m1/s1. The number of hydrogen-bond donors (Lipinski definition) is 1. The van der Waals surface area contributed by atoms with E-state index in [0.29, 0.717) is 23.9 Å². The molecule has 2 fully saturated rings. The second-order valence-electron chi connectivity index (χ2n) is 5.70. The van der Waals surface area contributed by atoms with Crippen molar-refractivity contribution in [3.05, 3.63) is 35.6 Å². The molecule has 2 saturated heterocycles. The van der Waals surface area contributed by atoms with Crippen LogP contribution in [0.1, 0.15) is 30.7 Å². The van der Waals surface area contributed by atoms with E-state index in [2.05, 4.69) is 11.9 Å². The maximum absolute atomic E-state index is 13.0. The fourth-order valence-electron chi connectivity index (χ4n) is 3.92. The molecule has 2 aliphatic rings. The Bertz CT molecular complexity index is 419. The van der Waals surface area contributed by atoms with Crippen molar-refractivity contribution in [3.8, 4) is 0 Å². The van der Waals surface area contributed by atoms with Gasteiger partial charge in [-0.3, -0.25) is 0 Å². The molecule has 0 aromatic heterocycles. The normalized spacial score (nSPS) is 35.9. The van der Waals surface area contributed by atoms with E-state index in [-0.39, 0.29) is 12.4 Å². The molecule has 1 aromatic rings. The number of benzene rings is 1. The predicted molar refractivity (Wildman–Crippen MR) is 68.9 cm³/mol. The minimum atomic E-state index is -0.185. The summed E-state index contributed by atoms with van der Waals surface area (Å²) in [5, 5.41) is 9.71. The number of rotatable bonds is 2. The van der Waals surface area contributed by atoms with E-state index in [4.69, 9.17) is 0 Å². The molecule has 0 spiro atoms. The Kier molecular flexibility index (Phi) is 3.12. The quantitative estimate of drug-likeness (QED) is 0.870. The van der Waals surface area contributed by atoms with Crippen LogP contribution in [0.3, 0.4) is 0 Å². The molecule has 1 aromatic carbocycles. The van der Waals surface area contributed by atoms with Gasteiger partial charge in [0.1, 0.15) is 5.82 Å². The van der Waals surface area contributed by atoms with Crippen LogP contribution in [0.15, 0.2) is 24.3 Å². The van der Waals surface area contributed by atoms with Crippen molar-refractivity contribution < 1.29 is 9.50 Å². The van der Waals surface area contributed by atoms with E-state index in [1.165, 1.54) is 30.5 Å². The number of nitrogens with zero attached hydrogens (tertiary/aromatic N) is 1. The molecule has 0 aliphatic carbocycles.